The number of benzene rings is 3. The van der Waals surface area contributed by atoms with Gasteiger partial charge in [0.15, 0.2) is 9.84 Å². The number of hydrogen-bond acceptors (Lipinski definition) is 6. The fraction of sp³-hybridized carbons (Fsp3) is 0.231. The molecule has 3 rings (SSSR count). The van der Waals surface area contributed by atoms with Crippen LogP contribution in [-0.4, -0.2) is 33.2 Å². The number of carbonyl (C=O) groups excluding carboxylic acids is 2. The van der Waals surface area contributed by atoms with Gasteiger partial charge in [0.05, 0.1) is 29.9 Å². The maximum Gasteiger partial charge on any atom is 0.307 e. The minimum Gasteiger partial charge on any atom is -0.495 e. The first-order chi connectivity index (χ1) is 16.2. The first-order valence-corrected chi connectivity index (χ1v) is 12.3. The average molecular weight is 482 g/mol. The molecule has 0 aliphatic carbocycles. The van der Waals surface area contributed by atoms with Gasteiger partial charge in [0.25, 0.3) is 5.91 Å². The van der Waals surface area contributed by atoms with Gasteiger partial charge in [-0.05, 0) is 43.7 Å². The molecule has 0 aliphatic heterocycles. The minimum absolute atomic E-state index is 0.134. The van der Waals surface area contributed by atoms with Gasteiger partial charge in [0.1, 0.15) is 5.75 Å². The normalized spacial score (nSPS) is 12.0. The van der Waals surface area contributed by atoms with Crippen molar-refractivity contribution in [2.24, 2.45) is 0 Å². The summed E-state index contributed by atoms with van der Waals surface area (Å²) < 4.78 is 35.9. The maximum absolute atomic E-state index is 13.1. The van der Waals surface area contributed by atoms with Crippen molar-refractivity contribution in [3.05, 3.63) is 89.5 Å². The topological polar surface area (TPSA) is 98.8 Å². The molecule has 1 atom stereocenters. The van der Waals surface area contributed by atoms with Gasteiger partial charge in [-0.2, -0.15) is 0 Å². The summed E-state index contributed by atoms with van der Waals surface area (Å²) in [6, 6.07) is 20.3. The first-order valence-electron chi connectivity index (χ1n) is 10.7. The van der Waals surface area contributed by atoms with Crippen molar-refractivity contribution in [2.75, 3.05) is 18.2 Å². The smallest absolute Gasteiger partial charge is 0.307 e. The Morgan fingerprint density at radius 3 is 2.21 bits per heavy atom. The monoisotopic (exact) mass is 481 g/mol. The Morgan fingerprint density at radius 1 is 0.912 bits per heavy atom. The average Bonchev–Trinajstić information content (AvgIpc) is 2.82. The summed E-state index contributed by atoms with van der Waals surface area (Å²) >= 11 is 0. The lowest BCUT2D eigenvalue weighted by atomic mass is 10.1. The van der Waals surface area contributed by atoms with Crippen molar-refractivity contribution in [3.63, 3.8) is 0 Å². The fourth-order valence-electron chi connectivity index (χ4n) is 3.29. The zero-order chi connectivity index (χ0) is 24.7. The third kappa shape index (κ3) is 6.45. The molecule has 1 N–H and O–H groups in total. The van der Waals surface area contributed by atoms with Crippen LogP contribution in [0, 0.1) is 13.8 Å². The van der Waals surface area contributed by atoms with Crippen LogP contribution in [0.25, 0.3) is 0 Å². The van der Waals surface area contributed by atoms with E-state index < -0.39 is 33.6 Å². The Bertz CT molecular complexity index is 1250. The summed E-state index contributed by atoms with van der Waals surface area (Å²) in [6.45, 7) is 3.73. The lowest BCUT2D eigenvalue weighted by Crippen LogP contribution is -2.27. The van der Waals surface area contributed by atoms with E-state index in [1.807, 2.05) is 19.9 Å². The number of esters is 1. The van der Waals surface area contributed by atoms with E-state index in [9.17, 15) is 18.0 Å². The van der Waals surface area contributed by atoms with Gasteiger partial charge >= 0.3 is 5.97 Å². The zero-order valence-electron chi connectivity index (χ0n) is 19.3. The van der Waals surface area contributed by atoms with Gasteiger partial charge in [-0.25, -0.2) is 8.42 Å². The zero-order valence-corrected chi connectivity index (χ0v) is 20.1. The summed E-state index contributed by atoms with van der Waals surface area (Å²) in [5, 5.41) is 2.75. The second kappa shape index (κ2) is 11.0. The van der Waals surface area contributed by atoms with Crippen LogP contribution >= 0.6 is 0 Å². The number of aryl methyl sites for hydroxylation is 2. The second-order valence-electron chi connectivity index (χ2n) is 7.86. The van der Waals surface area contributed by atoms with Crippen molar-refractivity contribution in [1.82, 2.24) is 0 Å². The Kier molecular flexibility index (Phi) is 8.07. The number of anilines is 1. The molecule has 0 saturated carbocycles. The number of rotatable bonds is 9. The molecule has 0 radical (unpaired) electrons. The summed E-state index contributed by atoms with van der Waals surface area (Å²) in [4.78, 5) is 25.9. The molecule has 0 aliphatic rings. The molecule has 1 amide bonds. The standard InChI is InChI=1S/C26H27NO6S/c1-18-9-12-21(13-10-18)34(30,31)16-15-24(28)33-25(20-7-5-4-6-8-20)26(29)27-22-17-19(2)11-14-23(22)32-3/h4-14,17,25H,15-16H2,1-3H3,(H,27,29). The van der Waals surface area contributed by atoms with E-state index in [2.05, 4.69) is 5.32 Å². The molecule has 3 aromatic rings. The van der Waals surface area contributed by atoms with Gasteiger partial charge in [0.2, 0.25) is 6.10 Å². The van der Waals surface area contributed by atoms with Crippen LogP contribution in [0.3, 0.4) is 0 Å². The maximum atomic E-state index is 13.1. The summed E-state index contributed by atoms with van der Waals surface area (Å²) in [6.07, 6.45) is -1.65. The van der Waals surface area contributed by atoms with Crippen molar-refractivity contribution in [2.45, 2.75) is 31.3 Å². The molecule has 8 heteroatoms. The highest BCUT2D eigenvalue weighted by Gasteiger charge is 2.27. The predicted octanol–water partition coefficient (Wildman–Crippen LogP) is 4.40. The summed E-state index contributed by atoms with van der Waals surface area (Å²) in [5.41, 5.74) is 2.73. The summed E-state index contributed by atoms with van der Waals surface area (Å²) in [7, 11) is -2.18. The van der Waals surface area contributed by atoms with Gasteiger partial charge in [0, 0.05) is 5.56 Å². The lowest BCUT2D eigenvalue weighted by Gasteiger charge is -2.19. The second-order valence-corrected chi connectivity index (χ2v) is 9.96. The van der Waals surface area contributed by atoms with E-state index in [0.29, 0.717) is 17.0 Å². The number of amides is 1. The van der Waals surface area contributed by atoms with E-state index in [1.54, 1.807) is 54.6 Å². The van der Waals surface area contributed by atoms with Crippen LogP contribution in [0.1, 0.15) is 29.2 Å². The van der Waals surface area contributed by atoms with Gasteiger partial charge in [-0.15, -0.1) is 0 Å². The fourth-order valence-corrected chi connectivity index (χ4v) is 4.51. The van der Waals surface area contributed by atoms with Crippen LogP contribution < -0.4 is 10.1 Å². The molecular formula is C26H27NO6S. The highest BCUT2D eigenvalue weighted by molar-refractivity contribution is 7.91. The Labute approximate surface area is 199 Å². The number of hydrogen-bond donors (Lipinski definition) is 1. The van der Waals surface area contributed by atoms with E-state index in [-0.39, 0.29) is 11.3 Å². The third-order valence-corrected chi connectivity index (χ3v) is 6.89. The van der Waals surface area contributed by atoms with Crippen molar-refractivity contribution in [3.8, 4) is 5.75 Å². The van der Waals surface area contributed by atoms with E-state index in [1.165, 1.54) is 19.2 Å². The molecule has 0 saturated heterocycles. The van der Waals surface area contributed by atoms with Gasteiger partial charge < -0.3 is 14.8 Å². The third-order valence-electron chi connectivity index (χ3n) is 5.16. The molecule has 0 fully saturated rings. The number of nitrogens with one attached hydrogen (secondary N) is 1. The molecule has 1 unspecified atom stereocenters. The van der Waals surface area contributed by atoms with E-state index in [4.69, 9.17) is 9.47 Å². The molecule has 0 heterocycles. The largest absolute Gasteiger partial charge is 0.495 e. The number of sulfone groups is 1. The molecule has 0 spiro atoms. The van der Waals surface area contributed by atoms with Gasteiger partial charge in [-0.3, -0.25) is 9.59 Å². The molecule has 7 nitrogen and oxygen atoms in total. The minimum atomic E-state index is -3.67. The molecule has 0 bridgehead atoms. The van der Waals surface area contributed by atoms with Crippen molar-refractivity contribution in [1.29, 1.82) is 0 Å². The Morgan fingerprint density at radius 2 is 1.56 bits per heavy atom. The molecule has 34 heavy (non-hydrogen) atoms. The number of methoxy groups -OCH3 is 1. The Hall–Kier alpha value is -3.65. The van der Waals surface area contributed by atoms with Crippen LogP contribution in [0.2, 0.25) is 0 Å². The van der Waals surface area contributed by atoms with Crippen LogP contribution in [0.5, 0.6) is 5.75 Å². The van der Waals surface area contributed by atoms with Crippen LogP contribution in [0.4, 0.5) is 5.69 Å². The lowest BCUT2D eigenvalue weighted by molar-refractivity contribution is -0.154. The molecule has 178 valence electrons. The highest BCUT2D eigenvalue weighted by Crippen LogP contribution is 2.28. The van der Waals surface area contributed by atoms with Crippen LogP contribution in [0.15, 0.2) is 77.7 Å². The number of carbonyl (C=O) groups is 2. The predicted molar refractivity (Wildman–Crippen MR) is 129 cm³/mol. The molecule has 3 aromatic carbocycles. The van der Waals surface area contributed by atoms with E-state index in [0.717, 1.165) is 11.1 Å². The van der Waals surface area contributed by atoms with Crippen LogP contribution in [-0.2, 0) is 24.2 Å². The van der Waals surface area contributed by atoms with Crippen molar-refractivity contribution < 1.29 is 27.5 Å². The Balaban J connectivity index is 1.75. The quantitative estimate of drug-likeness (QED) is 0.455. The molecule has 0 aromatic heterocycles. The SMILES string of the molecule is COc1ccc(C)cc1NC(=O)C(OC(=O)CCS(=O)(=O)c1ccc(C)cc1)c1ccccc1. The van der Waals surface area contributed by atoms with E-state index >= 15 is 0 Å². The summed E-state index contributed by atoms with van der Waals surface area (Å²) in [5.74, 6) is -1.34. The first kappa shape index (κ1) is 25.0. The molecular weight excluding hydrogens is 454 g/mol. The number of ether oxygens (including phenoxy) is 2. The highest BCUT2D eigenvalue weighted by atomic mass is 32.2. The van der Waals surface area contributed by atoms with Crippen molar-refractivity contribution >= 4 is 27.4 Å². The van der Waals surface area contributed by atoms with Gasteiger partial charge in [-0.1, -0.05) is 54.1 Å².